The first-order valence-corrected chi connectivity index (χ1v) is 5.36. The third-order valence-corrected chi connectivity index (χ3v) is 2.93. The highest BCUT2D eigenvalue weighted by molar-refractivity contribution is 5.52. The zero-order valence-corrected chi connectivity index (χ0v) is 8.93. The highest BCUT2D eigenvalue weighted by Gasteiger charge is 2.19. The molecule has 0 spiro atoms. The Kier molecular flexibility index (Phi) is 2.03. The van der Waals surface area contributed by atoms with Gasteiger partial charge in [-0.05, 0) is 35.4 Å². The van der Waals surface area contributed by atoms with Crippen LogP contribution in [0.5, 0.6) is 0 Å². The summed E-state index contributed by atoms with van der Waals surface area (Å²) < 4.78 is 0. The molecule has 1 aromatic heterocycles. The van der Waals surface area contributed by atoms with Crippen molar-refractivity contribution < 1.29 is 0 Å². The summed E-state index contributed by atoms with van der Waals surface area (Å²) >= 11 is 0. The summed E-state index contributed by atoms with van der Waals surface area (Å²) in [7, 11) is 0. The van der Waals surface area contributed by atoms with Crippen LogP contribution >= 0.6 is 0 Å². The van der Waals surface area contributed by atoms with Crippen LogP contribution in [-0.4, -0.2) is 4.98 Å². The van der Waals surface area contributed by atoms with Gasteiger partial charge in [-0.15, -0.1) is 0 Å². The zero-order valence-electron chi connectivity index (χ0n) is 8.93. The monoisotopic (exact) mass is 211 g/mol. The van der Waals surface area contributed by atoms with E-state index < -0.39 is 0 Å². The van der Waals surface area contributed by atoms with E-state index in [2.05, 4.69) is 22.0 Å². The summed E-state index contributed by atoms with van der Waals surface area (Å²) in [5.74, 6) is 1.03. The van der Waals surface area contributed by atoms with Gasteiger partial charge in [0.15, 0.2) is 0 Å². The minimum absolute atomic E-state index is 0.835. The van der Waals surface area contributed by atoms with Crippen molar-refractivity contribution >= 4 is 11.5 Å². The van der Waals surface area contributed by atoms with Crippen molar-refractivity contribution in [2.75, 3.05) is 10.6 Å². The fourth-order valence-electron chi connectivity index (χ4n) is 2.12. The van der Waals surface area contributed by atoms with Crippen LogP contribution in [0.15, 0.2) is 42.6 Å². The van der Waals surface area contributed by atoms with E-state index in [9.17, 15) is 0 Å². The Balaban J connectivity index is 1.91. The largest absolute Gasteiger partial charge is 0.399 e. The van der Waals surface area contributed by atoms with Crippen LogP contribution in [0.1, 0.15) is 11.1 Å². The van der Waals surface area contributed by atoms with Gasteiger partial charge in [-0.3, -0.25) is 0 Å². The second-order valence-electron chi connectivity index (χ2n) is 4.07. The predicted molar refractivity (Wildman–Crippen MR) is 65.0 cm³/mol. The first-order chi connectivity index (χ1) is 7.83. The van der Waals surface area contributed by atoms with E-state index in [1.807, 2.05) is 30.5 Å². The van der Waals surface area contributed by atoms with E-state index in [0.29, 0.717) is 0 Å². The minimum Gasteiger partial charge on any atom is -0.399 e. The Morgan fingerprint density at radius 1 is 1.06 bits per heavy atom. The average molecular weight is 211 g/mol. The number of hydrogen-bond donors (Lipinski definition) is 1. The summed E-state index contributed by atoms with van der Waals surface area (Å²) in [4.78, 5) is 6.61. The van der Waals surface area contributed by atoms with Crippen molar-refractivity contribution in [1.29, 1.82) is 0 Å². The maximum atomic E-state index is 5.78. The fraction of sp³-hybridized carbons (Fsp3) is 0.154. The van der Waals surface area contributed by atoms with Crippen molar-refractivity contribution in [1.82, 2.24) is 4.98 Å². The topological polar surface area (TPSA) is 42.1 Å². The van der Waals surface area contributed by atoms with E-state index in [0.717, 1.165) is 24.6 Å². The van der Waals surface area contributed by atoms with Gasteiger partial charge in [-0.25, -0.2) is 4.98 Å². The van der Waals surface area contributed by atoms with Gasteiger partial charge in [-0.2, -0.15) is 0 Å². The minimum atomic E-state index is 0.835. The van der Waals surface area contributed by atoms with Gasteiger partial charge in [0.1, 0.15) is 5.82 Å². The van der Waals surface area contributed by atoms with Gasteiger partial charge in [0.25, 0.3) is 0 Å². The molecule has 3 heteroatoms. The SMILES string of the molecule is Nc1ccc2c(c1)CN(c1ccccn1)C2. The van der Waals surface area contributed by atoms with Crippen molar-refractivity contribution in [3.05, 3.63) is 53.7 Å². The summed E-state index contributed by atoms with van der Waals surface area (Å²) in [5.41, 5.74) is 9.27. The van der Waals surface area contributed by atoms with Gasteiger partial charge in [0.2, 0.25) is 0 Å². The summed E-state index contributed by atoms with van der Waals surface area (Å²) in [6, 6.07) is 12.1. The molecule has 3 rings (SSSR count). The molecule has 0 aliphatic carbocycles. The number of benzene rings is 1. The average Bonchev–Trinajstić information content (AvgIpc) is 2.73. The molecule has 0 bridgehead atoms. The second kappa shape index (κ2) is 3.52. The number of hydrogen-bond acceptors (Lipinski definition) is 3. The molecule has 2 heterocycles. The molecule has 0 saturated carbocycles. The first kappa shape index (κ1) is 9.21. The highest BCUT2D eigenvalue weighted by Crippen LogP contribution is 2.27. The molecular formula is C13H13N3. The quantitative estimate of drug-likeness (QED) is 0.735. The van der Waals surface area contributed by atoms with E-state index in [1.165, 1.54) is 11.1 Å². The Morgan fingerprint density at radius 2 is 1.94 bits per heavy atom. The Hall–Kier alpha value is -2.03. The zero-order chi connectivity index (χ0) is 11.0. The summed E-state index contributed by atoms with van der Waals surface area (Å²) in [6.07, 6.45) is 1.83. The van der Waals surface area contributed by atoms with Crippen LogP contribution < -0.4 is 10.6 Å². The second-order valence-corrected chi connectivity index (χ2v) is 4.07. The van der Waals surface area contributed by atoms with E-state index in [-0.39, 0.29) is 0 Å². The van der Waals surface area contributed by atoms with E-state index >= 15 is 0 Å². The number of pyridine rings is 1. The molecule has 3 nitrogen and oxygen atoms in total. The Bertz CT molecular complexity index is 508. The fourth-order valence-corrected chi connectivity index (χ4v) is 2.12. The van der Waals surface area contributed by atoms with Crippen molar-refractivity contribution in [3.63, 3.8) is 0 Å². The first-order valence-electron chi connectivity index (χ1n) is 5.36. The predicted octanol–water partition coefficient (Wildman–Crippen LogP) is 2.18. The molecule has 2 aromatic rings. The number of fused-ring (bicyclic) bond motifs is 1. The van der Waals surface area contributed by atoms with E-state index in [1.54, 1.807) is 0 Å². The van der Waals surface area contributed by atoms with Crippen molar-refractivity contribution in [2.45, 2.75) is 13.1 Å². The van der Waals surface area contributed by atoms with Crippen LogP contribution in [-0.2, 0) is 13.1 Å². The van der Waals surface area contributed by atoms with Crippen LogP contribution in [0, 0.1) is 0 Å². The number of nitrogens with zero attached hydrogens (tertiary/aromatic N) is 2. The van der Waals surface area contributed by atoms with Crippen LogP contribution in [0.3, 0.4) is 0 Å². The normalized spacial score (nSPS) is 13.9. The van der Waals surface area contributed by atoms with Gasteiger partial charge in [0.05, 0.1) is 0 Å². The number of rotatable bonds is 1. The molecule has 0 fully saturated rings. The third kappa shape index (κ3) is 1.50. The van der Waals surface area contributed by atoms with E-state index in [4.69, 9.17) is 5.73 Å². The Labute approximate surface area is 94.5 Å². The number of aromatic nitrogens is 1. The molecule has 0 atom stereocenters. The lowest BCUT2D eigenvalue weighted by atomic mass is 10.1. The molecule has 1 aliphatic heterocycles. The van der Waals surface area contributed by atoms with Crippen LogP contribution in [0.4, 0.5) is 11.5 Å². The molecule has 0 saturated heterocycles. The molecule has 2 N–H and O–H groups in total. The summed E-state index contributed by atoms with van der Waals surface area (Å²) in [6.45, 7) is 1.82. The number of nitrogens with two attached hydrogens (primary N) is 1. The lowest BCUT2D eigenvalue weighted by Crippen LogP contribution is -2.15. The van der Waals surface area contributed by atoms with Gasteiger partial charge >= 0.3 is 0 Å². The summed E-state index contributed by atoms with van der Waals surface area (Å²) in [5, 5.41) is 0. The van der Waals surface area contributed by atoms with Crippen molar-refractivity contribution in [2.24, 2.45) is 0 Å². The molecular weight excluding hydrogens is 198 g/mol. The van der Waals surface area contributed by atoms with Crippen molar-refractivity contribution in [3.8, 4) is 0 Å². The molecule has 80 valence electrons. The maximum absolute atomic E-state index is 5.78. The van der Waals surface area contributed by atoms with Gasteiger partial charge in [-0.1, -0.05) is 12.1 Å². The maximum Gasteiger partial charge on any atom is 0.129 e. The standard InChI is InChI=1S/C13H13N3/c14-12-5-4-10-8-16(9-11(10)7-12)13-3-1-2-6-15-13/h1-7H,8-9,14H2. The smallest absolute Gasteiger partial charge is 0.129 e. The molecule has 1 aliphatic rings. The molecule has 0 radical (unpaired) electrons. The highest BCUT2D eigenvalue weighted by atomic mass is 15.2. The van der Waals surface area contributed by atoms with Gasteiger partial charge in [0, 0.05) is 25.0 Å². The molecule has 0 unspecified atom stereocenters. The molecule has 1 aromatic carbocycles. The lowest BCUT2D eigenvalue weighted by Gasteiger charge is -2.15. The molecule has 16 heavy (non-hydrogen) atoms. The number of anilines is 2. The molecule has 0 amide bonds. The number of nitrogen functional groups attached to an aromatic ring is 1. The van der Waals surface area contributed by atoms with Crippen LogP contribution in [0.2, 0.25) is 0 Å². The Morgan fingerprint density at radius 3 is 2.75 bits per heavy atom. The van der Waals surface area contributed by atoms with Gasteiger partial charge < -0.3 is 10.6 Å². The third-order valence-electron chi connectivity index (χ3n) is 2.93. The lowest BCUT2D eigenvalue weighted by molar-refractivity contribution is 0.857. The van der Waals surface area contributed by atoms with Crippen LogP contribution in [0.25, 0.3) is 0 Å².